The van der Waals surface area contributed by atoms with Crippen LogP contribution in [0.1, 0.15) is 13.8 Å². The molecular weight excluding hydrogens is 148 g/mol. The van der Waals surface area contributed by atoms with E-state index in [4.69, 9.17) is 9.94 Å². The molecule has 62 valence electrons. The zero-order valence-electron chi connectivity index (χ0n) is 6.44. The van der Waals surface area contributed by atoms with Crippen molar-refractivity contribution in [3.05, 3.63) is 0 Å². The largest absolute Gasteiger partial charge is 0.479 e. The second-order valence-electron chi connectivity index (χ2n) is 2.18. The maximum absolute atomic E-state index is 10.5. The van der Waals surface area contributed by atoms with Crippen molar-refractivity contribution in [2.24, 2.45) is 4.99 Å². The molecule has 0 spiro atoms. The number of aliphatic carboxylic acids is 1. The van der Waals surface area contributed by atoms with Crippen LogP contribution in [-0.4, -0.2) is 34.7 Å². The van der Waals surface area contributed by atoms with Crippen LogP contribution < -0.4 is 0 Å². The van der Waals surface area contributed by atoms with Gasteiger partial charge in [0, 0.05) is 13.5 Å². The Balaban J connectivity index is 2.68. The Morgan fingerprint density at radius 3 is 2.91 bits per heavy atom. The van der Waals surface area contributed by atoms with Crippen molar-refractivity contribution >= 4 is 11.9 Å². The molecular formula is C6H10N2O3. The topological polar surface area (TPSA) is 62.1 Å². The molecule has 5 nitrogen and oxygen atoms in total. The minimum Gasteiger partial charge on any atom is -0.479 e. The van der Waals surface area contributed by atoms with Gasteiger partial charge in [-0.05, 0) is 6.92 Å². The van der Waals surface area contributed by atoms with Crippen molar-refractivity contribution in [2.45, 2.75) is 20.0 Å². The summed E-state index contributed by atoms with van der Waals surface area (Å²) < 4.78 is 0. The Labute approximate surface area is 64.2 Å². The van der Waals surface area contributed by atoms with Crippen molar-refractivity contribution in [3.8, 4) is 0 Å². The van der Waals surface area contributed by atoms with Crippen molar-refractivity contribution in [1.82, 2.24) is 5.06 Å². The monoisotopic (exact) mass is 158 g/mol. The lowest BCUT2D eigenvalue weighted by Crippen LogP contribution is -2.35. The van der Waals surface area contributed by atoms with Crippen molar-refractivity contribution < 1.29 is 14.7 Å². The zero-order valence-corrected chi connectivity index (χ0v) is 6.44. The Hall–Kier alpha value is -1.10. The average molecular weight is 158 g/mol. The van der Waals surface area contributed by atoms with E-state index in [0.717, 1.165) is 0 Å². The van der Waals surface area contributed by atoms with Crippen LogP contribution in [0.5, 0.6) is 0 Å². The third-order valence-corrected chi connectivity index (χ3v) is 1.36. The van der Waals surface area contributed by atoms with Crippen molar-refractivity contribution in [3.63, 3.8) is 0 Å². The fraction of sp³-hybridized carbons (Fsp3) is 0.667. The first-order chi connectivity index (χ1) is 5.15. The van der Waals surface area contributed by atoms with Gasteiger partial charge >= 0.3 is 5.97 Å². The molecule has 1 rings (SSSR count). The molecule has 0 bridgehead atoms. The molecule has 0 saturated carbocycles. The van der Waals surface area contributed by atoms with E-state index in [2.05, 4.69) is 4.99 Å². The Bertz CT molecular complexity index is 202. The third-order valence-electron chi connectivity index (χ3n) is 1.36. The molecule has 1 N–H and O–H groups in total. The maximum Gasteiger partial charge on any atom is 0.346 e. The number of hydrogen-bond acceptors (Lipinski definition) is 4. The van der Waals surface area contributed by atoms with Gasteiger partial charge in [-0.1, -0.05) is 0 Å². The second-order valence-corrected chi connectivity index (χ2v) is 2.18. The van der Waals surface area contributed by atoms with E-state index < -0.39 is 12.1 Å². The number of nitrogens with zero attached hydrogens (tertiary/aromatic N) is 2. The van der Waals surface area contributed by atoms with Gasteiger partial charge in [0.2, 0.25) is 12.1 Å². The minimum absolute atomic E-state index is 0.402. The van der Waals surface area contributed by atoms with Crippen LogP contribution in [0.4, 0.5) is 0 Å². The molecule has 0 saturated heterocycles. The summed E-state index contributed by atoms with van der Waals surface area (Å²) in [5.74, 6) is -0.581. The van der Waals surface area contributed by atoms with Gasteiger partial charge in [0.25, 0.3) is 0 Å². The minimum atomic E-state index is -0.983. The van der Waals surface area contributed by atoms with Crippen LogP contribution >= 0.6 is 0 Å². The van der Waals surface area contributed by atoms with Crippen LogP contribution in [0, 0.1) is 0 Å². The first-order valence-electron chi connectivity index (χ1n) is 3.37. The van der Waals surface area contributed by atoms with Crippen LogP contribution in [0.25, 0.3) is 0 Å². The average Bonchev–Trinajstić information content (AvgIpc) is 2.30. The standard InChI is InChI=1S/C6H10N2O3/c1-3-8-5(6(9)10)7-4(2)11-8/h5H,3H2,1-2H3,(H,9,10). The fourth-order valence-electron chi connectivity index (χ4n) is 0.896. The van der Waals surface area contributed by atoms with Gasteiger partial charge in [-0.3, -0.25) is 0 Å². The highest BCUT2D eigenvalue weighted by molar-refractivity contribution is 5.82. The number of carboxylic acid groups (broad SMARTS) is 1. The smallest absolute Gasteiger partial charge is 0.346 e. The van der Waals surface area contributed by atoms with Gasteiger partial charge in [-0.15, -0.1) is 5.06 Å². The van der Waals surface area contributed by atoms with Crippen LogP contribution in [0.15, 0.2) is 4.99 Å². The fourth-order valence-corrected chi connectivity index (χ4v) is 0.896. The summed E-state index contributed by atoms with van der Waals surface area (Å²) in [5, 5.41) is 9.92. The highest BCUT2D eigenvalue weighted by Gasteiger charge is 2.31. The van der Waals surface area contributed by atoms with Crippen molar-refractivity contribution in [1.29, 1.82) is 0 Å². The van der Waals surface area contributed by atoms with E-state index in [-0.39, 0.29) is 0 Å². The van der Waals surface area contributed by atoms with Gasteiger partial charge in [0.15, 0.2) is 0 Å². The lowest BCUT2D eigenvalue weighted by Gasteiger charge is -2.14. The predicted molar refractivity (Wildman–Crippen MR) is 38.0 cm³/mol. The van der Waals surface area contributed by atoms with E-state index in [9.17, 15) is 4.79 Å². The molecule has 0 fully saturated rings. The maximum atomic E-state index is 10.5. The second kappa shape index (κ2) is 2.87. The summed E-state index contributed by atoms with van der Waals surface area (Å²) in [4.78, 5) is 19.2. The van der Waals surface area contributed by atoms with E-state index in [1.54, 1.807) is 6.92 Å². The number of hydroxylamine groups is 2. The van der Waals surface area contributed by atoms with Gasteiger partial charge < -0.3 is 9.94 Å². The van der Waals surface area contributed by atoms with Gasteiger partial charge in [-0.25, -0.2) is 9.79 Å². The summed E-state index contributed by atoms with van der Waals surface area (Å²) in [5.41, 5.74) is 0. The summed E-state index contributed by atoms with van der Waals surface area (Å²) in [6, 6.07) is 0. The molecule has 1 aliphatic heterocycles. The Morgan fingerprint density at radius 2 is 2.55 bits per heavy atom. The van der Waals surface area contributed by atoms with Crippen LogP contribution in [0.3, 0.4) is 0 Å². The molecule has 1 unspecified atom stereocenters. The first kappa shape index (κ1) is 8.00. The number of hydrogen-bond donors (Lipinski definition) is 1. The molecule has 1 heterocycles. The molecule has 1 aliphatic rings. The number of aliphatic imine (C=N–C) groups is 1. The SMILES string of the molecule is CCN1OC(C)=NC1C(=O)O. The molecule has 5 heteroatoms. The lowest BCUT2D eigenvalue weighted by molar-refractivity contribution is -0.156. The number of carbonyl (C=O) groups is 1. The van der Waals surface area contributed by atoms with Crippen LogP contribution in [0.2, 0.25) is 0 Å². The summed E-state index contributed by atoms with van der Waals surface area (Å²) >= 11 is 0. The quantitative estimate of drug-likeness (QED) is 0.618. The first-order valence-corrected chi connectivity index (χ1v) is 3.37. The van der Waals surface area contributed by atoms with E-state index >= 15 is 0 Å². The molecule has 0 aliphatic carbocycles. The molecule has 0 aromatic rings. The molecule has 0 radical (unpaired) electrons. The molecule has 1 atom stereocenters. The molecule has 0 aromatic carbocycles. The zero-order chi connectivity index (χ0) is 8.43. The van der Waals surface area contributed by atoms with Gasteiger partial charge in [0.1, 0.15) is 0 Å². The van der Waals surface area contributed by atoms with E-state index in [1.807, 2.05) is 6.92 Å². The Morgan fingerprint density at radius 1 is 1.91 bits per heavy atom. The van der Waals surface area contributed by atoms with Crippen molar-refractivity contribution in [2.75, 3.05) is 6.54 Å². The summed E-state index contributed by atoms with van der Waals surface area (Å²) in [6.07, 6.45) is -0.861. The normalized spacial score (nSPS) is 24.5. The van der Waals surface area contributed by atoms with E-state index in [1.165, 1.54) is 5.06 Å². The molecule has 11 heavy (non-hydrogen) atoms. The predicted octanol–water partition coefficient (Wildman–Crippen LogP) is 0.0826. The third kappa shape index (κ3) is 1.48. The highest BCUT2D eigenvalue weighted by atomic mass is 16.7. The Kier molecular flexibility index (Phi) is 2.09. The number of rotatable bonds is 2. The van der Waals surface area contributed by atoms with Gasteiger partial charge in [0.05, 0.1) is 0 Å². The van der Waals surface area contributed by atoms with E-state index in [0.29, 0.717) is 12.4 Å². The summed E-state index contributed by atoms with van der Waals surface area (Å²) in [7, 11) is 0. The number of carboxylic acids is 1. The highest BCUT2D eigenvalue weighted by Crippen LogP contribution is 2.11. The lowest BCUT2D eigenvalue weighted by atomic mass is 10.5. The summed E-state index contributed by atoms with van der Waals surface area (Å²) in [6.45, 7) is 3.95. The van der Waals surface area contributed by atoms with Crippen LogP contribution in [-0.2, 0) is 9.63 Å². The molecule has 0 aromatic heterocycles. The molecule has 0 amide bonds. The number of likely N-dealkylation sites (N-methyl/N-ethyl adjacent to an activating group) is 1. The van der Waals surface area contributed by atoms with Gasteiger partial charge in [-0.2, -0.15) is 0 Å².